The molecule has 0 aliphatic carbocycles. The SMILES string of the molecule is COCCOCCOCCOCCOCCOCCOCCOc1cc(C(=O)O)cc2c1nc(CN1CCC(c3cccc(OCc4ccc(C#N)cc4)n3)CC1)n2C[C@@H]1CCO1. The van der Waals surface area contributed by atoms with Gasteiger partial charge in [0, 0.05) is 31.4 Å². The highest BCUT2D eigenvalue weighted by atomic mass is 16.6. The lowest BCUT2D eigenvalue weighted by molar-refractivity contribution is -0.0592. The van der Waals surface area contributed by atoms with Crippen LogP contribution in [0.25, 0.3) is 11.0 Å². The van der Waals surface area contributed by atoms with Crippen molar-refractivity contribution in [2.24, 2.45) is 0 Å². The molecule has 0 saturated carbocycles. The van der Waals surface area contributed by atoms with E-state index in [1.807, 2.05) is 24.3 Å². The highest BCUT2D eigenvalue weighted by Gasteiger charge is 2.27. The van der Waals surface area contributed by atoms with Crippen LogP contribution in [0.4, 0.5) is 0 Å². The number of aromatic carboxylic acids is 1. The maximum Gasteiger partial charge on any atom is 0.335 e. The number of imidazole rings is 1. The third kappa shape index (κ3) is 15.8. The fraction of sp³-hybridized carbons (Fsp3) is 0.565. The fourth-order valence-corrected chi connectivity index (χ4v) is 7.14. The van der Waals surface area contributed by atoms with Crippen LogP contribution in [0, 0.1) is 11.3 Å². The average molecular weight is 876 g/mol. The largest absolute Gasteiger partial charge is 0.489 e. The van der Waals surface area contributed by atoms with E-state index in [4.69, 9.17) is 62.6 Å². The number of nitriles is 1. The fourth-order valence-electron chi connectivity index (χ4n) is 7.14. The number of carboxylic acid groups (broad SMARTS) is 1. The number of aromatic nitrogens is 3. The van der Waals surface area contributed by atoms with Crippen LogP contribution in [0.5, 0.6) is 11.6 Å². The number of likely N-dealkylation sites (tertiary alicyclic amines) is 1. The summed E-state index contributed by atoms with van der Waals surface area (Å²) < 4.78 is 58.2. The van der Waals surface area contributed by atoms with Crippen LogP contribution >= 0.6 is 0 Å². The Labute approximate surface area is 369 Å². The second-order valence-corrected chi connectivity index (χ2v) is 15.1. The van der Waals surface area contributed by atoms with E-state index in [0.29, 0.717) is 146 Å². The zero-order valence-electron chi connectivity index (χ0n) is 36.3. The Bertz CT molecular complexity index is 2000. The predicted octanol–water partition coefficient (Wildman–Crippen LogP) is 4.87. The Balaban J connectivity index is 0.920. The van der Waals surface area contributed by atoms with E-state index in [1.54, 1.807) is 25.3 Å². The van der Waals surface area contributed by atoms with Crippen molar-refractivity contribution >= 4 is 17.0 Å². The van der Waals surface area contributed by atoms with E-state index in [-0.39, 0.29) is 18.3 Å². The van der Waals surface area contributed by atoms with Gasteiger partial charge in [0.05, 0.1) is 128 Å². The van der Waals surface area contributed by atoms with E-state index in [9.17, 15) is 9.90 Å². The monoisotopic (exact) mass is 875 g/mol. The van der Waals surface area contributed by atoms with Gasteiger partial charge in [-0.15, -0.1) is 0 Å². The molecule has 17 heteroatoms. The molecule has 4 heterocycles. The standard InChI is InChI=1S/C46H61N5O12/c1-54-15-16-55-17-18-56-19-20-57-21-22-58-23-24-59-25-26-60-27-28-62-42-30-38(46(52)53)29-41-45(42)49-43(51(41)32-39-11-14-61-39)33-50-12-9-37(10-13-50)40-3-2-4-44(48-40)63-34-36-7-5-35(31-47)6-8-36/h2-8,29-30,37,39H,9-28,32-34H2,1H3,(H,52,53)/t39-/m0/s1. The highest BCUT2D eigenvalue weighted by Crippen LogP contribution is 2.33. The Morgan fingerprint density at radius 2 is 1.38 bits per heavy atom. The molecule has 0 unspecified atom stereocenters. The van der Waals surface area contributed by atoms with Gasteiger partial charge in [0.25, 0.3) is 0 Å². The summed E-state index contributed by atoms with van der Waals surface area (Å²) in [6.07, 6.45) is 2.82. The number of pyridine rings is 1. The molecule has 0 spiro atoms. The number of carbonyl (C=O) groups is 1. The van der Waals surface area contributed by atoms with Crippen LogP contribution in [0.2, 0.25) is 0 Å². The topological polar surface area (TPSA) is 187 Å². The van der Waals surface area contributed by atoms with Crippen LogP contribution < -0.4 is 9.47 Å². The lowest BCUT2D eigenvalue weighted by Gasteiger charge is -2.32. The van der Waals surface area contributed by atoms with E-state index in [0.717, 1.165) is 49.4 Å². The Morgan fingerprint density at radius 1 is 0.778 bits per heavy atom. The van der Waals surface area contributed by atoms with Gasteiger partial charge in [-0.05, 0) is 68.2 Å². The first-order valence-electron chi connectivity index (χ1n) is 21.8. The maximum atomic E-state index is 12.3. The first kappa shape index (κ1) is 47.7. The van der Waals surface area contributed by atoms with Crippen LogP contribution in [0.1, 0.15) is 58.2 Å². The minimum atomic E-state index is -1.04. The number of ether oxygens (including phenoxy) is 10. The van der Waals surface area contributed by atoms with Crippen molar-refractivity contribution in [1.82, 2.24) is 19.4 Å². The lowest BCUT2D eigenvalue weighted by Crippen LogP contribution is -2.35. The van der Waals surface area contributed by atoms with Crippen molar-refractivity contribution in [1.29, 1.82) is 5.26 Å². The predicted molar refractivity (Wildman–Crippen MR) is 230 cm³/mol. The number of carboxylic acids is 1. The van der Waals surface area contributed by atoms with Crippen LogP contribution in [0.3, 0.4) is 0 Å². The van der Waals surface area contributed by atoms with E-state index in [2.05, 4.69) is 21.6 Å². The third-order valence-corrected chi connectivity index (χ3v) is 10.7. The van der Waals surface area contributed by atoms with Gasteiger partial charge in [0.15, 0.2) is 0 Å². The summed E-state index contributed by atoms with van der Waals surface area (Å²) >= 11 is 0. The number of benzene rings is 2. The number of rotatable bonds is 31. The van der Waals surface area contributed by atoms with Gasteiger partial charge < -0.3 is 57.0 Å². The molecule has 2 fully saturated rings. The molecule has 0 bridgehead atoms. The number of methoxy groups -OCH3 is 1. The van der Waals surface area contributed by atoms with Gasteiger partial charge in [0.1, 0.15) is 30.3 Å². The minimum absolute atomic E-state index is 0.0390. The third-order valence-electron chi connectivity index (χ3n) is 10.7. The summed E-state index contributed by atoms with van der Waals surface area (Å²) in [6.45, 7) is 10.2. The zero-order valence-corrected chi connectivity index (χ0v) is 36.3. The number of nitrogens with zero attached hydrogens (tertiary/aromatic N) is 5. The molecule has 2 saturated heterocycles. The van der Waals surface area contributed by atoms with E-state index < -0.39 is 5.97 Å². The smallest absolute Gasteiger partial charge is 0.335 e. The van der Waals surface area contributed by atoms with Crippen LogP contribution in [-0.4, -0.2) is 156 Å². The quantitative estimate of drug-likeness (QED) is 0.0674. The molecule has 6 rings (SSSR count). The van der Waals surface area contributed by atoms with Gasteiger partial charge in [-0.25, -0.2) is 14.8 Å². The highest BCUT2D eigenvalue weighted by molar-refractivity contribution is 5.95. The first-order valence-corrected chi connectivity index (χ1v) is 21.8. The number of hydrogen-bond acceptors (Lipinski definition) is 15. The normalized spacial score (nSPS) is 15.7. The summed E-state index contributed by atoms with van der Waals surface area (Å²) in [5.74, 6) is 1.08. The Kier molecular flexibility index (Phi) is 20.3. The van der Waals surface area contributed by atoms with Crippen molar-refractivity contribution < 1.29 is 57.3 Å². The second kappa shape index (κ2) is 26.8. The lowest BCUT2D eigenvalue weighted by atomic mass is 9.93. The molecule has 17 nitrogen and oxygen atoms in total. The Hall–Kier alpha value is -4.74. The van der Waals surface area contributed by atoms with Gasteiger partial charge in [-0.2, -0.15) is 5.26 Å². The molecule has 2 aliphatic heterocycles. The molecular formula is C46H61N5O12. The summed E-state index contributed by atoms with van der Waals surface area (Å²) in [6, 6.07) is 18.6. The molecule has 0 radical (unpaired) electrons. The molecule has 342 valence electrons. The molecule has 0 amide bonds. The average Bonchev–Trinajstić information content (AvgIpc) is 3.64. The van der Waals surface area contributed by atoms with Gasteiger partial charge in [0.2, 0.25) is 5.88 Å². The van der Waals surface area contributed by atoms with Crippen LogP contribution in [-0.2, 0) is 57.6 Å². The minimum Gasteiger partial charge on any atom is -0.489 e. The summed E-state index contributed by atoms with van der Waals surface area (Å²) in [4.78, 5) is 24.6. The summed E-state index contributed by atoms with van der Waals surface area (Å²) in [5.41, 5.74) is 4.06. The number of piperidine rings is 1. The van der Waals surface area contributed by atoms with Crippen molar-refractivity contribution in [2.75, 3.05) is 119 Å². The number of hydrogen-bond donors (Lipinski definition) is 1. The van der Waals surface area contributed by atoms with E-state index >= 15 is 0 Å². The molecule has 1 N–H and O–H groups in total. The summed E-state index contributed by atoms with van der Waals surface area (Å²) in [5, 5.41) is 19.1. The molecular weight excluding hydrogens is 815 g/mol. The van der Waals surface area contributed by atoms with Gasteiger partial charge >= 0.3 is 5.97 Å². The molecule has 2 aliphatic rings. The molecule has 2 aromatic carbocycles. The summed E-state index contributed by atoms with van der Waals surface area (Å²) in [7, 11) is 1.64. The molecule has 4 aromatic rings. The number of fused-ring (bicyclic) bond motifs is 1. The molecule has 63 heavy (non-hydrogen) atoms. The first-order chi connectivity index (χ1) is 31.0. The van der Waals surface area contributed by atoms with E-state index in [1.165, 1.54) is 6.07 Å². The van der Waals surface area contributed by atoms with Crippen molar-refractivity contribution in [3.8, 4) is 17.7 Å². The van der Waals surface area contributed by atoms with Gasteiger partial charge in [-0.1, -0.05) is 18.2 Å². The zero-order chi connectivity index (χ0) is 43.9. The maximum absolute atomic E-state index is 12.3. The molecule has 1 atom stereocenters. The second-order valence-electron chi connectivity index (χ2n) is 15.1. The molecule has 2 aromatic heterocycles. The van der Waals surface area contributed by atoms with Crippen molar-refractivity contribution in [3.63, 3.8) is 0 Å². The van der Waals surface area contributed by atoms with Crippen molar-refractivity contribution in [2.45, 2.75) is 51.0 Å². The Morgan fingerprint density at radius 3 is 1.94 bits per heavy atom. The van der Waals surface area contributed by atoms with Crippen LogP contribution in [0.15, 0.2) is 54.6 Å². The van der Waals surface area contributed by atoms with Gasteiger partial charge in [-0.3, -0.25) is 4.90 Å². The van der Waals surface area contributed by atoms with Crippen molar-refractivity contribution in [3.05, 3.63) is 82.8 Å².